The summed E-state index contributed by atoms with van der Waals surface area (Å²) in [6, 6.07) is -0.841. The third kappa shape index (κ3) is 39.7. The first-order chi connectivity index (χ1) is 34.7. The van der Waals surface area contributed by atoms with Crippen LogP contribution in [0, 0.1) is 0 Å². The molecule has 0 aromatic heterocycles. The van der Waals surface area contributed by atoms with E-state index >= 15 is 0 Å². The second kappa shape index (κ2) is 49.8. The monoisotopic (exact) mass is 1000 g/mol. The summed E-state index contributed by atoms with van der Waals surface area (Å²) in [5.41, 5.74) is 0. The second-order valence-electron chi connectivity index (χ2n) is 20.3. The van der Waals surface area contributed by atoms with Gasteiger partial charge >= 0.3 is 5.97 Å². The molecular formula is C60H109NO10. The van der Waals surface area contributed by atoms with Crippen molar-refractivity contribution in [2.45, 2.75) is 301 Å². The standard InChI is InChI=1S/C60H109NO10/c1-3-5-7-9-11-13-15-27-30-34-38-42-46-53(63)52(51-70-60-59(68)58(67)57(66)54(50-62)71-60)61-55(64)47-43-39-35-31-28-24-22-20-18-16-17-19-21-23-25-29-33-37-41-45-49-69-56(65)48-44-40-36-32-26-14-12-10-8-6-4-2/h9,11,16,18,27,30,42,46,52-54,57-60,62-63,66-68H,3-8,10,12-15,17,19-26,28-29,31-41,43-45,47-51H2,1-2H3,(H,61,64)/b11-9+,18-16-,30-27+,46-42+. The number of carbonyl (C=O) groups excluding carboxylic acids is 2. The summed E-state index contributed by atoms with van der Waals surface area (Å²) >= 11 is 0. The average molecular weight is 1000 g/mol. The molecule has 7 atom stereocenters. The largest absolute Gasteiger partial charge is 0.466 e. The Morgan fingerprint density at radius 1 is 0.507 bits per heavy atom. The van der Waals surface area contributed by atoms with Gasteiger partial charge in [0, 0.05) is 12.8 Å². The van der Waals surface area contributed by atoms with E-state index in [4.69, 9.17) is 14.2 Å². The van der Waals surface area contributed by atoms with E-state index in [1.54, 1.807) is 6.08 Å². The van der Waals surface area contributed by atoms with Crippen molar-refractivity contribution in [2.24, 2.45) is 0 Å². The van der Waals surface area contributed by atoms with E-state index in [2.05, 4.69) is 55.6 Å². The number of aliphatic hydroxyl groups excluding tert-OH is 5. The van der Waals surface area contributed by atoms with Gasteiger partial charge in [0.25, 0.3) is 0 Å². The molecule has 0 bridgehead atoms. The number of amides is 1. The number of esters is 1. The van der Waals surface area contributed by atoms with Crippen molar-refractivity contribution >= 4 is 11.9 Å². The normalized spacial score (nSPS) is 19.5. The topological polar surface area (TPSA) is 175 Å². The van der Waals surface area contributed by atoms with Crippen LogP contribution < -0.4 is 5.32 Å². The second-order valence-corrected chi connectivity index (χ2v) is 20.3. The molecule has 0 aromatic rings. The fourth-order valence-corrected chi connectivity index (χ4v) is 8.92. The summed E-state index contributed by atoms with van der Waals surface area (Å²) in [4.78, 5) is 25.0. The molecule has 6 N–H and O–H groups in total. The zero-order valence-electron chi connectivity index (χ0n) is 45.4. The first kappa shape index (κ1) is 66.6. The van der Waals surface area contributed by atoms with E-state index in [1.807, 2.05) is 6.08 Å². The smallest absolute Gasteiger partial charge is 0.305 e. The molecular weight excluding hydrogens is 895 g/mol. The van der Waals surface area contributed by atoms with Gasteiger partial charge in [-0.05, 0) is 77.0 Å². The Balaban J connectivity index is 2.10. The van der Waals surface area contributed by atoms with Crippen LogP contribution in [0.25, 0.3) is 0 Å². The van der Waals surface area contributed by atoms with Gasteiger partial charge in [0.05, 0.1) is 32.0 Å². The number of carbonyl (C=O) groups is 2. The summed E-state index contributed by atoms with van der Waals surface area (Å²) in [6.07, 6.45) is 52.0. The molecule has 0 aliphatic carbocycles. The summed E-state index contributed by atoms with van der Waals surface area (Å²) in [5.74, 6) is -0.216. The van der Waals surface area contributed by atoms with Gasteiger partial charge in [0.15, 0.2) is 6.29 Å². The molecule has 1 saturated heterocycles. The SMILES string of the molecule is CCCC/C=C/CC/C=C/CC/C=C/C(O)C(COC1OC(CO)C(O)C(O)C1O)NC(=O)CCCCCCCCC/C=C\CCCCCCCCCCCOC(=O)CCCCCCCCCCCCC. The van der Waals surface area contributed by atoms with E-state index in [0.29, 0.717) is 19.4 Å². The zero-order chi connectivity index (χ0) is 51.7. The van der Waals surface area contributed by atoms with Gasteiger partial charge in [-0.1, -0.05) is 217 Å². The minimum atomic E-state index is -1.58. The Bertz CT molecular complexity index is 1320. The molecule has 0 aromatic carbocycles. The highest BCUT2D eigenvalue weighted by Gasteiger charge is 2.44. The molecule has 1 heterocycles. The van der Waals surface area contributed by atoms with Gasteiger partial charge in [-0.2, -0.15) is 0 Å². The Labute approximate surface area is 434 Å². The summed E-state index contributed by atoms with van der Waals surface area (Å²) in [5, 5.41) is 54.3. The number of rotatable bonds is 50. The Morgan fingerprint density at radius 2 is 0.930 bits per heavy atom. The van der Waals surface area contributed by atoms with Crippen molar-refractivity contribution in [3.05, 3.63) is 48.6 Å². The van der Waals surface area contributed by atoms with Crippen LogP contribution in [-0.2, 0) is 23.8 Å². The van der Waals surface area contributed by atoms with Crippen molar-refractivity contribution in [1.82, 2.24) is 5.32 Å². The molecule has 11 heteroatoms. The van der Waals surface area contributed by atoms with Crippen molar-refractivity contribution in [3.63, 3.8) is 0 Å². The van der Waals surface area contributed by atoms with E-state index < -0.39 is 49.5 Å². The van der Waals surface area contributed by atoms with Crippen LogP contribution in [0.2, 0.25) is 0 Å². The molecule has 1 aliphatic rings. The molecule has 71 heavy (non-hydrogen) atoms. The highest BCUT2D eigenvalue weighted by atomic mass is 16.7. The lowest BCUT2D eigenvalue weighted by Gasteiger charge is -2.40. The lowest BCUT2D eigenvalue weighted by Crippen LogP contribution is -2.60. The lowest BCUT2D eigenvalue weighted by molar-refractivity contribution is -0.302. The van der Waals surface area contributed by atoms with Gasteiger partial charge < -0.3 is 45.1 Å². The van der Waals surface area contributed by atoms with Gasteiger partial charge in [-0.3, -0.25) is 9.59 Å². The minimum absolute atomic E-state index is 0.00956. The molecule has 1 amide bonds. The van der Waals surface area contributed by atoms with Crippen LogP contribution in [0.5, 0.6) is 0 Å². The number of hydrogen-bond donors (Lipinski definition) is 6. The van der Waals surface area contributed by atoms with Crippen LogP contribution in [0.3, 0.4) is 0 Å². The van der Waals surface area contributed by atoms with E-state index in [9.17, 15) is 35.1 Å². The first-order valence-electron chi connectivity index (χ1n) is 29.4. The summed E-state index contributed by atoms with van der Waals surface area (Å²) in [6.45, 7) is 4.25. The van der Waals surface area contributed by atoms with Crippen LogP contribution in [0.4, 0.5) is 0 Å². The number of aliphatic hydroxyl groups is 5. The molecule has 0 saturated carbocycles. The van der Waals surface area contributed by atoms with E-state index in [-0.39, 0.29) is 18.5 Å². The number of hydrogen-bond acceptors (Lipinski definition) is 10. The fourth-order valence-electron chi connectivity index (χ4n) is 8.92. The molecule has 1 aliphatic heterocycles. The molecule has 1 rings (SSSR count). The number of unbranched alkanes of at least 4 members (excludes halogenated alkanes) is 30. The average Bonchev–Trinajstić information content (AvgIpc) is 3.37. The predicted octanol–water partition coefficient (Wildman–Crippen LogP) is 13.3. The van der Waals surface area contributed by atoms with Gasteiger partial charge in [0.1, 0.15) is 24.4 Å². The Morgan fingerprint density at radius 3 is 1.44 bits per heavy atom. The highest BCUT2D eigenvalue weighted by molar-refractivity contribution is 5.76. The maximum atomic E-state index is 13.0. The van der Waals surface area contributed by atoms with Crippen LogP contribution in [0.15, 0.2) is 48.6 Å². The number of allylic oxidation sites excluding steroid dienone is 7. The van der Waals surface area contributed by atoms with Crippen molar-refractivity contribution < 1.29 is 49.3 Å². The summed E-state index contributed by atoms with van der Waals surface area (Å²) in [7, 11) is 0. The van der Waals surface area contributed by atoms with Crippen molar-refractivity contribution in [2.75, 3.05) is 19.8 Å². The number of nitrogens with one attached hydrogen (secondary N) is 1. The van der Waals surface area contributed by atoms with Crippen molar-refractivity contribution in [3.8, 4) is 0 Å². The molecule has 414 valence electrons. The van der Waals surface area contributed by atoms with Gasteiger partial charge in [0.2, 0.25) is 5.91 Å². The number of ether oxygens (including phenoxy) is 3. The van der Waals surface area contributed by atoms with Crippen LogP contribution >= 0.6 is 0 Å². The van der Waals surface area contributed by atoms with Crippen LogP contribution in [-0.4, -0.2) is 100 Å². The third-order valence-electron chi connectivity index (χ3n) is 13.6. The third-order valence-corrected chi connectivity index (χ3v) is 13.6. The van der Waals surface area contributed by atoms with Crippen molar-refractivity contribution in [1.29, 1.82) is 0 Å². The van der Waals surface area contributed by atoms with E-state index in [1.165, 1.54) is 141 Å². The highest BCUT2D eigenvalue weighted by Crippen LogP contribution is 2.23. The Hall–Kier alpha value is -2.38. The van der Waals surface area contributed by atoms with Crippen LogP contribution in [0.1, 0.15) is 258 Å². The quantitative estimate of drug-likeness (QED) is 0.0195. The molecule has 1 fully saturated rings. The minimum Gasteiger partial charge on any atom is -0.466 e. The first-order valence-corrected chi connectivity index (χ1v) is 29.4. The molecule has 0 radical (unpaired) electrons. The maximum Gasteiger partial charge on any atom is 0.305 e. The summed E-state index contributed by atoms with van der Waals surface area (Å²) < 4.78 is 16.7. The molecule has 0 spiro atoms. The predicted molar refractivity (Wildman–Crippen MR) is 292 cm³/mol. The van der Waals surface area contributed by atoms with E-state index in [0.717, 1.165) is 89.9 Å². The zero-order valence-corrected chi connectivity index (χ0v) is 45.4. The van der Waals surface area contributed by atoms with Gasteiger partial charge in [-0.15, -0.1) is 0 Å². The molecule has 11 nitrogen and oxygen atoms in total. The van der Waals surface area contributed by atoms with Gasteiger partial charge in [-0.25, -0.2) is 0 Å². The lowest BCUT2D eigenvalue weighted by atomic mass is 9.99. The maximum absolute atomic E-state index is 13.0. The Kier molecular flexibility index (Phi) is 46.7. The fraction of sp³-hybridized carbons (Fsp3) is 0.833. The molecule has 7 unspecified atom stereocenters.